The first-order chi connectivity index (χ1) is 8.56. The Morgan fingerprint density at radius 2 is 1.94 bits per heavy atom. The molecule has 2 rings (SSSR count). The van der Waals surface area contributed by atoms with E-state index in [-0.39, 0.29) is 17.6 Å². The second-order valence-electron chi connectivity index (χ2n) is 5.03. The van der Waals surface area contributed by atoms with Gasteiger partial charge in [0, 0.05) is 37.7 Å². The van der Waals surface area contributed by atoms with E-state index in [1.165, 1.54) is 12.1 Å². The molecule has 1 atom stereocenters. The number of rotatable bonds is 3. The van der Waals surface area contributed by atoms with Gasteiger partial charge in [-0.15, -0.1) is 0 Å². The molecule has 0 amide bonds. The molecule has 0 bridgehead atoms. The molecule has 0 aliphatic carbocycles. The summed E-state index contributed by atoms with van der Waals surface area (Å²) < 4.78 is 12.8. The molecule has 1 heterocycles. The molecule has 1 fully saturated rings. The highest BCUT2D eigenvalue weighted by Gasteiger charge is 2.24. The number of carbonyl (C=O) groups excluding carboxylic acids is 1. The van der Waals surface area contributed by atoms with Gasteiger partial charge in [0.05, 0.1) is 0 Å². The smallest absolute Gasteiger partial charge is 0.164 e. The molecule has 0 saturated carbocycles. The lowest BCUT2D eigenvalue weighted by molar-refractivity contribution is 0.0810. The van der Waals surface area contributed by atoms with Gasteiger partial charge in [-0.3, -0.25) is 4.79 Å². The van der Waals surface area contributed by atoms with Crippen LogP contribution in [0.25, 0.3) is 0 Å². The van der Waals surface area contributed by atoms with Crippen molar-refractivity contribution in [2.24, 2.45) is 0 Å². The number of piperazine rings is 1. The number of ketones is 1. The molecule has 98 valence electrons. The molecule has 1 aliphatic heterocycles. The van der Waals surface area contributed by atoms with Gasteiger partial charge >= 0.3 is 0 Å². The fourth-order valence-corrected chi connectivity index (χ4v) is 2.29. The predicted molar refractivity (Wildman–Crippen MR) is 69.3 cm³/mol. The lowest BCUT2D eigenvalue weighted by Gasteiger charge is -2.37. The van der Waals surface area contributed by atoms with Crippen LogP contribution >= 0.6 is 0 Å². The zero-order valence-corrected chi connectivity index (χ0v) is 10.9. The Labute approximate surface area is 107 Å². The van der Waals surface area contributed by atoms with Crippen molar-refractivity contribution < 1.29 is 9.18 Å². The van der Waals surface area contributed by atoms with Crippen molar-refractivity contribution in [1.29, 1.82) is 0 Å². The first-order valence-corrected chi connectivity index (χ1v) is 6.24. The molecule has 1 aromatic rings. The average molecular weight is 250 g/mol. The lowest BCUT2D eigenvalue weighted by atomic mass is 10.0. The minimum absolute atomic E-state index is 0.0853. The number of nitrogens with zero attached hydrogens (tertiary/aromatic N) is 2. The van der Waals surface area contributed by atoms with E-state index in [0.29, 0.717) is 12.0 Å². The molecule has 1 saturated heterocycles. The first kappa shape index (κ1) is 13.2. The molecule has 0 radical (unpaired) electrons. The molecule has 0 N–H and O–H groups in total. The van der Waals surface area contributed by atoms with E-state index in [0.717, 1.165) is 19.6 Å². The van der Waals surface area contributed by atoms with Crippen LogP contribution < -0.4 is 0 Å². The second-order valence-corrected chi connectivity index (χ2v) is 5.03. The lowest BCUT2D eigenvalue weighted by Crippen LogP contribution is -2.50. The highest BCUT2D eigenvalue weighted by Crippen LogP contribution is 2.14. The fraction of sp³-hybridized carbons (Fsp3) is 0.500. The third-order valence-electron chi connectivity index (χ3n) is 3.57. The number of likely N-dealkylation sites (N-methyl/N-ethyl adjacent to an activating group) is 2. The van der Waals surface area contributed by atoms with Crippen LogP contribution in [0.1, 0.15) is 16.8 Å². The van der Waals surface area contributed by atoms with Gasteiger partial charge in [-0.25, -0.2) is 4.39 Å². The maximum atomic E-state index is 12.8. The molecular weight excluding hydrogens is 231 g/mol. The summed E-state index contributed by atoms with van der Waals surface area (Å²) in [5, 5.41) is 0. The molecule has 1 aliphatic rings. The normalized spacial score (nSPS) is 22.1. The number of hydrogen-bond donors (Lipinski definition) is 0. The summed E-state index contributed by atoms with van der Waals surface area (Å²) in [6.45, 7) is 2.93. The first-order valence-electron chi connectivity index (χ1n) is 6.24. The van der Waals surface area contributed by atoms with Crippen molar-refractivity contribution >= 4 is 5.78 Å². The highest BCUT2D eigenvalue weighted by atomic mass is 19.1. The Kier molecular flexibility index (Phi) is 4.09. The monoisotopic (exact) mass is 250 g/mol. The Morgan fingerprint density at radius 1 is 1.28 bits per heavy atom. The van der Waals surface area contributed by atoms with Crippen LogP contribution in [-0.2, 0) is 0 Å². The van der Waals surface area contributed by atoms with Crippen LogP contribution in [0, 0.1) is 5.82 Å². The minimum atomic E-state index is -0.305. The summed E-state index contributed by atoms with van der Waals surface area (Å²) >= 11 is 0. The molecule has 4 heteroatoms. The van der Waals surface area contributed by atoms with Crippen molar-refractivity contribution in [3.05, 3.63) is 35.6 Å². The Morgan fingerprint density at radius 3 is 2.61 bits per heavy atom. The van der Waals surface area contributed by atoms with Crippen molar-refractivity contribution in [3.63, 3.8) is 0 Å². The van der Waals surface area contributed by atoms with Crippen molar-refractivity contribution in [2.45, 2.75) is 12.5 Å². The number of hydrogen-bond acceptors (Lipinski definition) is 3. The number of Topliss-reactive ketones (excluding diaryl/α,β-unsaturated/α-hetero) is 1. The van der Waals surface area contributed by atoms with Gasteiger partial charge in [0.15, 0.2) is 5.78 Å². The summed E-state index contributed by atoms with van der Waals surface area (Å²) in [5.41, 5.74) is 0.595. The maximum Gasteiger partial charge on any atom is 0.164 e. The summed E-state index contributed by atoms with van der Waals surface area (Å²) in [5.74, 6) is -0.219. The van der Waals surface area contributed by atoms with Gasteiger partial charge in [-0.1, -0.05) is 0 Å². The van der Waals surface area contributed by atoms with E-state index in [1.807, 2.05) is 0 Å². The van der Waals surface area contributed by atoms with E-state index >= 15 is 0 Å². The Bertz CT molecular complexity index is 418. The zero-order valence-electron chi connectivity index (χ0n) is 10.9. The maximum absolute atomic E-state index is 12.8. The van der Waals surface area contributed by atoms with Crippen LogP contribution in [0.4, 0.5) is 4.39 Å². The van der Waals surface area contributed by atoms with Gasteiger partial charge in [0.2, 0.25) is 0 Å². The Balaban J connectivity index is 2.00. The largest absolute Gasteiger partial charge is 0.304 e. The van der Waals surface area contributed by atoms with Crippen molar-refractivity contribution in [3.8, 4) is 0 Å². The van der Waals surface area contributed by atoms with Crippen LogP contribution in [0.15, 0.2) is 24.3 Å². The highest BCUT2D eigenvalue weighted by molar-refractivity contribution is 5.96. The minimum Gasteiger partial charge on any atom is -0.304 e. The molecule has 0 aromatic heterocycles. The summed E-state index contributed by atoms with van der Waals surface area (Å²) in [4.78, 5) is 16.6. The van der Waals surface area contributed by atoms with Crippen molar-refractivity contribution in [1.82, 2.24) is 9.80 Å². The van der Waals surface area contributed by atoms with E-state index in [4.69, 9.17) is 0 Å². The van der Waals surface area contributed by atoms with Crippen LogP contribution in [0.3, 0.4) is 0 Å². The summed E-state index contributed by atoms with van der Waals surface area (Å²) in [6, 6.07) is 6.05. The fourth-order valence-electron chi connectivity index (χ4n) is 2.29. The standard InChI is InChI=1S/C14H19FN2O/c1-16-7-8-17(2)13(10-16)9-14(18)11-3-5-12(15)6-4-11/h3-6,13H,7-10H2,1-2H3. The molecule has 1 unspecified atom stereocenters. The van der Waals surface area contributed by atoms with Crippen molar-refractivity contribution in [2.75, 3.05) is 33.7 Å². The third-order valence-corrected chi connectivity index (χ3v) is 3.57. The molecule has 3 nitrogen and oxygen atoms in total. The molecule has 1 aromatic carbocycles. The number of benzene rings is 1. The van der Waals surface area contributed by atoms with E-state index in [2.05, 4.69) is 23.9 Å². The molecule has 18 heavy (non-hydrogen) atoms. The van der Waals surface area contributed by atoms with Crippen LogP contribution in [-0.4, -0.2) is 55.4 Å². The Hall–Kier alpha value is -1.26. The van der Waals surface area contributed by atoms with Crippen LogP contribution in [0.5, 0.6) is 0 Å². The molecular formula is C14H19FN2O. The van der Waals surface area contributed by atoms with E-state index in [1.54, 1.807) is 12.1 Å². The summed E-state index contributed by atoms with van der Waals surface area (Å²) in [7, 11) is 4.12. The second kappa shape index (κ2) is 5.59. The van der Waals surface area contributed by atoms with Gasteiger partial charge in [-0.2, -0.15) is 0 Å². The number of halogens is 1. The quantitative estimate of drug-likeness (QED) is 0.762. The van der Waals surface area contributed by atoms with E-state index < -0.39 is 0 Å². The van der Waals surface area contributed by atoms with Gasteiger partial charge in [0.25, 0.3) is 0 Å². The van der Waals surface area contributed by atoms with Gasteiger partial charge < -0.3 is 9.80 Å². The van der Waals surface area contributed by atoms with Gasteiger partial charge in [-0.05, 0) is 38.4 Å². The zero-order chi connectivity index (χ0) is 13.1. The summed E-state index contributed by atoms with van der Waals surface area (Å²) in [6.07, 6.45) is 0.493. The number of carbonyl (C=O) groups is 1. The topological polar surface area (TPSA) is 23.6 Å². The molecule has 0 spiro atoms. The van der Waals surface area contributed by atoms with Gasteiger partial charge in [0.1, 0.15) is 5.82 Å². The third kappa shape index (κ3) is 3.15. The van der Waals surface area contributed by atoms with E-state index in [9.17, 15) is 9.18 Å². The van der Waals surface area contributed by atoms with Crippen LogP contribution in [0.2, 0.25) is 0 Å². The SMILES string of the molecule is CN1CCN(C)C(CC(=O)c2ccc(F)cc2)C1. The predicted octanol–water partition coefficient (Wildman–Crippen LogP) is 1.64. The average Bonchev–Trinajstić information content (AvgIpc) is 2.34.